The van der Waals surface area contributed by atoms with Crippen LogP contribution in [0, 0.1) is 0 Å². The van der Waals surface area contributed by atoms with E-state index in [4.69, 9.17) is 9.98 Å². The van der Waals surface area contributed by atoms with Gasteiger partial charge in [-0.2, -0.15) is 0 Å². The van der Waals surface area contributed by atoms with E-state index < -0.39 is 0 Å². The normalized spacial score (nSPS) is 14.5. The topological polar surface area (TPSA) is 41.7 Å². The summed E-state index contributed by atoms with van der Waals surface area (Å²) in [6.07, 6.45) is -0.291. The summed E-state index contributed by atoms with van der Waals surface area (Å²) >= 11 is 0. The van der Waals surface area contributed by atoms with Crippen molar-refractivity contribution in [2.75, 3.05) is 0 Å². The van der Waals surface area contributed by atoms with Crippen LogP contribution < -0.4 is 5.32 Å². The van der Waals surface area contributed by atoms with Crippen LogP contribution in [0.4, 0.5) is 0 Å². The quantitative estimate of drug-likeness (QED) is 0.197. The monoisotopic (exact) mass is 652 g/mol. The van der Waals surface area contributed by atoms with Crippen LogP contribution in [0.3, 0.4) is 0 Å². The second-order valence-corrected chi connectivity index (χ2v) is 13.1. The highest BCUT2D eigenvalue weighted by molar-refractivity contribution is 6.15. The molecule has 1 aliphatic heterocycles. The Morgan fingerprint density at radius 3 is 1.94 bits per heavy atom. The zero-order valence-corrected chi connectivity index (χ0v) is 27.7. The highest BCUT2D eigenvalue weighted by Crippen LogP contribution is 2.36. The number of aliphatic imine (C=N–C) groups is 2. The van der Waals surface area contributed by atoms with E-state index in [1.807, 2.05) is 24.3 Å². The van der Waals surface area contributed by atoms with Crippen molar-refractivity contribution in [3.05, 3.63) is 199 Å². The minimum Gasteiger partial charge on any atom is -0.344 e. The van der Waals surface area contributed by atoms with Gasteiger partial charge < -0.3 is 9.88 Å². The van der Waals surface area contributed by atoms with Crippen LogP contribution in [0.1, 0.15) is 22.9 Å². The molecule has 1 aliphatic rings. The second kappa shape index (κ2) is 12.0. The molecule has 1 unspecified atom stereocenters. The number of fused-ring (bicyclic) bond motifs is 5. The Labute approximate surface area is 295 Å². The van der Waals surface area contributed by atoms with Crippen molar-refractivity contribution < 1.29 is 0 Å². The average molecular weight is 653 g/mol. The molecule has 0 spiro atoms. The Bertz CT molecular complexity index is 2830. The van der Waals surface area contributed by atoms with E-state index in [2.05, 4.69) is 168 Å². The van der Waals surface area contributed by atoms with Crippen molar-refractivity contribution in [1.82, 2.24) is 9.88 Å². The largest absolute Gasteiger partial charge is 0.344 e. The summed E-state index contributed by atoms with van der Waals surface area (Å²) < 4.78 is 2.40. The summed E-state index contributed by atoms with van der Waals surface area (Å²) in [6.45, 7) is 0. The molecule has 0 amide bonds. The standard InChI is InChI=1S/C47H32N4/c1-3-12-31(13-4-1)33-18-11-19-38(26-33)46-48-45(32-14-5-2-6-15-32)49-47(50-46)39-23-22-37-28-40(25-24-36(37)27-39)51-43-21-10-9-20-41(43)42-29-34-16-7-8-17-35(34)30-44(42)51/h1-30,46H,(H,48,49,50). The Morgan fingerprint density at radius 1 is 0.431 bits per heavy atom. The summed E-state index contributed by atoms with van der Waals surface area (Å²) in [5, 5.41) is 11.0. The van der Waals surface area contributed by atoms with E-state index in [1.54, 1.807) is 0 Å². The molecular weight excluding hydrogens is 621 g/mol. The minimum absolute atomic E-state index is 0.291. The average Bonchev–Trinajstić information content (AvgIpc) is 3.53. The van der Waals surface area contributed by atoms with Crippen molar-refractivity contribution in [2.45, 2.75) is 6.17 Å². The van der Waals surface area contributed by atoms with E-state index in [-0.39, 0.29) is 6.17 Å². The van der Waals surface area contributed by atoms with Gasteiger partial charge in [0.15, 0.2) is 5.84 Å². The molecule has 0 saturated heterocycles. The number of nitrogens with zero attached hydrogens (tertiary/aromatic N) is 3. The SMILES string of the molecule is c1ccc(C2=NC(c3cccc(-c4ccccc4)c3)NC(c3ccc4cc(-n5c6ccccc6c6cc7ccccc7cc65)ccc4c3)=N2)cc1. The van der Waals surface area contributed by atoms with Crippen LogP contribution in [-0.2, 0) is 0 Å². The Morgan fingerprint density at radius 2 is 1.10 bits per heavy atom. The predicted octanol–water partition coefficient (Wildman–Crippen LogP) is 11.3. The molecule has 0 fully saturated rings. The Kier molecular flexibility index (Phi) is 6.85. The van der Waals surface area contributed by atoms with Gasteiger partial charge in [0.1, 0.15) is 12.0 Å². The number of nitrogens with one attached hydrogen (secondary N) is 1. The summed E-state index contributed by atoms with van der Waals surface area (Å²) in [5.74, 6) is 1.52. The van der Waals surface area contributed by atoms with Crippen molar-refractivity contribution >= 4 is 55.0 Å². The molecule has 240 valence electrons. The van der Waals surface area contributed by atoms with Crippen molar-refractivity contribution in [2.24, 2.45) is 9.98 Å². The zero-order chi connectivity index (χ0) is 33.7. The van der Waals surface area contributed by atoms with Gasteiger partial charge in [-0.15, -0.1) is 0 Å². The number of para-hydroxylation sites is 1. The van der Waals surface area contributed by atoms with Crippen LogP contribution in [0.25, 0.3) is 60.2 Å². The Balaban J connectivity index is 1.05. The summed E-state index contributed by atoms with van der Waals surface area (Å²) in [4.78, 5) is 10.2. The highest BCUT2D eigenvalue weighted by Gasteiger charge is 2.22. The lowest BCUT2D eigenvalue weighted by atomic mass is 10.0. The highest BCUT2D eigenvalue weighted by atomic mass is 15.2. The molecule has 0 saturated carbocycles. The van der Waals surface area contributed by atoms with E-state index in [0.29, 0.717) is 5.84 Å². The number of hydrogen-bond donors (Lipinski definition) is 1. The van der Waals surface area contributed by atoms with Crippen molar-refractivity contribution in [3.8, 4) is 16.8 Å². The zero-order valence-electron chi connectivity index (χ0n) is 27.7. The molecule has 1 aromatic heterocycles. The Hall–Kier alpha value is -6.78. The van der Waals surface area contributed by atoms with E-state index >= 15 is 0 Å². The lowest BCUT2D eigenvalue weighted by Crippen LogP contribution is -2.33. The lowest BCUT2D eigenvalue weighted by Gasteiger charge is -2.24. The lowest BCUT2D eigenvalue weighted by molar-refractivity contribution is 0.674. The van der Waals surface area contributed by atoms with Crippen LogP contribution in [0.2, 0.25) is 0 Å². The molecule has 0 aliphatic carbocycles. The maximum Gasteiger partial charge on any atom is 0.159 e. The number of aromatic nitrogens is 1. The molecule has 4 heteroatoms. The van der Waals surface area contributed by atoms with E-state index in [1.165, 1.54) is 43.5 Å². The van der Waals surface area contributed by atoms with Gasteiger partial charge >= 0.3 is 0 Å². The fraction of sp³-hybridized carbons (Fsp3) is 0.0213. The molecule has 0 bridgehead atoms. The number of benzene rings is 8. The van der Waals surface area contributed by atoms with Crippen LogP contribution in [0.5, 0.6) is 0 Å². The van der Waals surface area contributed by atoms with Gasteiger partial charge in [0, 0.05) is 27.6 Å². The molecule has 8 aromatic carbocycles. The third kappa shape index (κ3) is 5.17. The number of amidine groups is 2. The summed E-state index contributed by atoms with van der Waals surface area (Å²) in [7, 11) is 0. The molecule has 51 heavy (non-hydrogen) atoms. The van der Waals surface area contributed by atoms with Gasteiger partial charge in [0.25, 0.3) is 0 Å². The van der Waals surface area contributed by atoms with E-state index in [0.717, 1.165) is 39.2 Å². The summed E-state index contributed by atoms with van der Waals surface area (Å²) in [5.41, 5.74) is 8.99. The van der Waals surface area contributed by atoms with E-state index in [9.17, 15) is 0 Å². The first-order valence-electron chi connectivity index (χ1n) is 17.4. The van der Waals surface area contributed by atoms with Gasteiger partial charge in [0.2, 0.25) is 0 Å². The third-order valence-corrected chi connectivity index (χ3v) is 9.98. The van der Waals surface area contributed by atoms with Crippen LogP contribution in [0.15, 0.2) is 192 Å². The molecule has 0 radical (unpaired) electrons. The molecule has 9 aromatic rings. The van der Waals surface area contributed by atoms with Gasteiger partial charge in [0.05, 0.1) is 11.0 Å². The van der Waals surface area contributed by atoms with Crippen LogP contribution in [-0.4, -0.2) is 16.2 Å². The second-order valence-electron chi connectivity index (χ2n) is 13.1. The fourth-order valence-corrected chi connectivity index (χ4v) is 7.45. The molecular formula is C47H32N4. The van der Waals surface area contributed by atoms with Gasteiger partial charge in [-0.3, -0.25) is 0 Å². The first-order valence-corrected chi connectivity index (χ1v) is 17.4. The third-order valence-electron chi connectivity index (χ3n) is 9.98. The van der Waals surface area contributed by atoms with Gasteiger partial charge in [-0.05, 0) is 80.7 Å². The molecule has 4 nitrogen and oxygen atoms in total. The molecule has 1 N–H and O–H groups in total. The van der Waals surface area contributed by atoms with Gasteiger partial charge in [-0.1, -0.05) is 140 Å². The number of rotatable bonds is 5. The first kappa shape index (κ1) is 29.2. The van der Waals surface area contributed by atoms with Gasteiger partial charge in [-0.25, -0.2) is 9.98 Å². The van der Waals surface area contributed by atoms with Crippen molar-refractivity contribution in [3.63, 3.8) is 0 Å². The molecule has 2 heterocycles. The van der Waals surface area contributed by atoms with Crippen molar-refractivity contribution in [1.29, 1.82) is 0 Å². The maximum atomic E-state index is 5.12. The fourth-order valence-electron chi connectivity index (χ4n) is 7.45. The molecule has 1 atom stereocenters. The maximum absolute atomic E-state index is 5.12. The smallest absolute Gasteiger partial charge is 0.159 e. The number of hydrogen-bond acceptors (Lipinski definition) is 3. The first-order chi connectivity index (χ1) is 25.2. The summed E-state index contributed by atoms with van der Waals surface area (Å²) in [6, 6.07) is 64.7. The minimum atomic E-state index is -0.291. The molecule has 10 rings (SSSR count). The predicted molar refractivity (Wildman–Crippen MR) is 213 cm³/mol. The van der Waals surface area contributed by atoms with Crippen LogP contribution >= 0.6 is 0 Å².